The van der Waals surface area contributed by atoms with Gasteiger partial charge in [-0.15, -0.1) is 0 Å². The Labute approximate surface area is 187 Å². The SMILES string of the molecule is CC(C)OC(=O)N1CCC(Oc2ccc(-n3ccc4cc(S(C)(=O)=O)ccc43)nc2)CC1. The van der Waals surface area contributed by atoms with Gasteiger partial charge in [-0.05, 0) is 50.2 Å². The summed E-state index contributed by atoms with van der Waals surface area (Å²) >= 11 is 0. The number of amides is 1. The van der Waals surface area contributed by atoms with Gasteiger partial charge in [-0.1, -0.05) is 0 Å². The third-order valence-electron chi connectivity index (χ3n) is 5.40. The van der Waals surface area contributed by atoms with E-state index in [2.05, 4.69) is 4.98 Å². The van der Waals surface area contributed by atoms with E-state index >= 15 is 0 Å². The van der Waals surface area contributed by atoms with Gasteiger partial charge in [-0.2, -0.15) is 0 Å². The van der Waals surface area contributed by atoms with E-state index in [4.69, 9.17) is 9.47 Å². The number of pyridine rings is 1. The molecule has 1 fully saturated rings. The zero-order chi connectivity index (χ0) is 22.9. The molecule has 3 heterocycles. The summed E-state index contributed by atoms with van der Waals surface area (Å²) in [5, 5.41) is 0.831. The number of ether oxygens (including phenoxy) is 2. The molecular weight excluding hydrogens is 430 g/mol. The molecule has 0 radical (unpaired) electrons. The van der Waals surface area contributed by atoms with Gasteiger partial charge in [0, 0.05) is 43.8 Å². The topological polar surface area (TPSA) is 90.7 Å². The van der Waals surface area contributed by atoms with Crippen LogP contribution in [0.25, 0.3) is 16.7 Å². The van der Waals surface area contributed by atoms with Crippen LogP contribution in [0.2, 0.25) is 0 Å². The minimum Gasteiger partial charge on any atom is -0.489 e. The fraction of sp³-hybridized carbons (Fsp3) is 0.391. The number of sulfone groups is 1. The van der Waals surface area contributed by atoms with Gasteiger partial charge in [0.05, 0.1) is 22.7 Å². The van der Waals surface area contributed by atoms with E-state index in [1.807, 2.05) is 42.8 Å². The fourth-order valence-corrected chi connectivity index (χ4v) is 4.42. The highest BCUT2D eigenvalue weighted by Gasteiger charge is 2.25. The first-order valence-electron chi connectivity index (χ1n) is 10.6. The second-order valence-corrected chi connectivity index (χ2v) is 10.3. The van der Waals surface area contributed by atoms with Crippen molar-refractivity contribution in [1.82, 2.24) is 14.5 Å². The van der Waals surface area contributed by atoms with Crippen LogP contribution in [0, 0.1) is 0 Å². The standard InChI is InChI=1S/C23H27N3O5S/c1-16(2)30-23(27)25-11-9-18(10-12-25)31-19-4-7-22(24-15-19)26-13-8-17-14-20(32(3,28)29)5-6-21(17)26/h4-8,13-16,18H,9-12H2,1-3H3. The number of nitrogens with zero attached hydrogens (tertiary/aromatic N) is 3. The number of carbonyl (C=O) groups is 1. The first kappa shape index (κ1) is 22.1. The molecule has 4 rings (SSSR count). The highest BCUT2D eigenvalue weighted by molar-refractivity contribution is 7.90. The van der Waals surface area contributed by atoms with E-state index in [-0.39, 0.29) is 18.3 Å². The molecule has 0 saturated carbocycles. The van der Waals surface area contributed by atoms with E-state index in [0.29, 0.717) is 29.6 Å². The van der Waals surface area contributed by atoms with Crippen LogP contribution in [0.5, 0.6) is 5.75 Å². The molecule has 1 saturated heterocycles. The first-order chi connectivity index (χ1) is 15.2. The van der Waals surface area contributed by atoms with E-state index in [1.165, 1.54) is 6.26 Å². The highest BCUT2D eigenvalue weighted by Crippen LogP contribution is 2.25. The molecular formula is C23H27N3O5S. The number of fused-ring (bicyclic) bond motifs is 1. The summed E-state index contributed by atoms with van der Waals surface area (Å²) in [6.07, 6.45) is 5.85. The van der Waals surface area contributed by atoms with Crippen molar-refractivity contribution in [3.8, 4) is 11.6 Å². The number of hydrogen-bond donors (Lipinski definition) is 0. The summed E-state index contributed by atoms with van der Waals surface area (Å²) < 4.78 is 36.8. The lowest BCUT2D eigenvalue weighted by Crippen LogP contribution is -2.42. The second-order valence-electron chi connectivity index (χ2n) is 8.27. The number of aromatic nitrogens is 2. The van der Waals surface area contributed by atoms with Crippen LogP contribution in [0.1, 0.15) is 26.7 Å². The van der Waals surface area contributed by atoms with Gasteiger partial charge in [0.1, 0.15) is 17.7 Å². The molecule has 0 N–H and O–H groups in total. The molecule has 170 valence electrons. The molecule has 1 aromatic carbocycles. The average molecular weight is 458 g/mol. The molecule has 0 bridgehead atoms. The minimum absolute atomic E-state index is 0.0209. The van der Waals surface area contributed by atoms with Gasteiger partial charge < -0.3 is 18.9 Å². The number of carbonyl (C=O) groups excluding carboxylic acids is 1. The molecule has 8 nitrogen and oxygen atoms in total. The quantitative estimate of drug-likeness (QED) is 0.579. The lowest BCUT2D eigenvalue weighted by Gasteiger charge is -2.31. The van der Waals surface area contributed by atoms with E-state index in [1.54, 1.807) is 29.3 Å². The summed E-state index contributed by atoms with van der Waals surface area (Å²) in [5.41, 5.74) is 0.874. The zero-order valence-electron chi connectivity index (χ0n) is 18.4. The van der Waals surface area contributed by atoms with Crippen LogP contribution in [-0.4, -0.2) is 60.5 Å². The lowest BCUT2D eigenvalue weighted by atomic mass is 10.1. The van der Waals surface area contributed by atoms with Gasteiger partial charge in [0.2, 0.25) is 0 Å². The number of rotatable bonds is 5. The van der Waals surface area contributed by atoms with Gasteiger partial charge in [-0.25, -0.2) is 18.2 Å². The minimum atomic E-state index is -3.25. The van der Waals surface area contributed by atoms with Gasteiger partial charge in [0.15, 0.2) is 9.84 Å². The second kappa shape index (κ2) is 8.82. The average Bonchev–Trinajstić information content (AvgIpc) is 3.17. The van der Waals surface area contributed by atoms with Crippen molar-refractivity contribution >= 4 is 26.8 Å². The molecule has 32 heavy (non-hydrogen) atoms. The maximum Gasteiger partial charge on any atom is 0.410 e. The van der Waals surface area contributed by atoms with Crippen molar-refractivity contribution in [1.29, 1.82) is 0 Å². The molecule has 1 aliphatic rings. The Hall–Kier alpha value is -3.07. The Balaban J connectivity index is 1.40. The molecule has 1 amide bonds. The largest absolute Gasteiger partial charge is 0.489 e. The number of benzene rings is 1. The van der Waals surface area contributed by atoms with E-state index in [9.17, 15) is 13.2 Å². The normalized spacial score (nSPS) is 15.3. The molecule has 2 aromatic heterocycles. The summed E-state index contributed by atoms with van der Waals surface area (Å²) in [4.78, 5) is 18.5. The van der Waals surface area contributed by atoms with Gasteiger partial charge in [-0.3, -0.25) is 0 Å². The summed E-state index contributed by atoms with van der Waals surface area (Å²) in [7, 11) is -3.25. The van der Waals surface area contributed by atoms with Crippen LogP contribution in [-0.2, 0) is 14.6 Å². The number of piperidine rings is 1. The third kappa shape index (κ3) is 4.88. The maximum absolute atomic E-state index is 12.0. The Bertz CT molecular complexity index is 1210. The van der Waals surface area contributed by atoms with E-state index < -0.39 is 9.84 Å². The summed E-state index contributed by atoms with van der Waals surface area (Å²) in [6.45, 7) is 4.89. The maximum atomic E-state index is 12.0. The molecule has 1 aliphatic heterocycles. The molecule has 3 aromatic rings. The van der Waals surface area contributed by atoms with Crippen molar-refractivity contribution in [3.05, 3.63) is 48.8 Å². The van der Waals surface area contributed by atoms with Gasteiger partial charge in [0.25, 0.3) is 0 Å². The molecule has 0 unspecified atom stereocenters. The summed E-state index contributed by atoms with van der Waals surface area (Å²) in [5.74, 6) is 1.39. The third-order valence-corrected chi connectivity index (χ3v) is 6.51. The predicted octanol–water partition coefficient (Wildman–Crippen LogP) is 3.82. The van der Waals surface area contributed by atoms with Crippen LogP contribution in [0.3, 0.4) is 0 Å². The van der Waals surface area contributed by atoms with Crippen molar-refractivity contribution < 1.29 is 22.7 Å². The molecule has 0 spiro atoms. The Morgan fingerprint density at radius 2 is 1.88 bits per heavy atom. The van der Waals surface area contributed by atoms with Crippen LogP contribution < -0.4 is 4.74 Å². The Morgan fingerprint density at radius 3 is 2.50 bits per heavy atom. The summed E-state index contributed by atoms with van der Waals surface area (Å²) in [6, 6.07) is 10.7. The van der Waals surface area contributed by atoms with Crippen LogP contribution in [0.15, 0.2) is 53.7 Å². The fourth-order valence-electron chi connectivity index (χ4n) is 3.76. The zero-order valence-corrected chi connectivity index (χ0v) is 19.2. The highest BCUT2D eigenvalue weighted by atomic mass is 32.2. The lowest BCUT2D eigenvalue weighted by molar-refractivity contribution is 0.0516. The predicted molar refractivity (Wildman–Crippen MR) is 121 cm³/mol. The Morgan fingerprint density at radius 1 is 1.12 bits per heavy atom. The molecule has 0 atom stereocenters. The van der Waals surface area contributed by atoms with Gasteiger partial charge >= 0.3 is 6.09 Å². The first-order valence-corrected chi connectivity index (χ1v) is 12.5. The smallest absolute Gasteiger partial charge is 0.410 e. The monoisotopic (exact) mass is 457 g/mol. The van der Waals surface area contributed by atoms with Crippen molar-refractivity contribution in [2.75, 3.05) is 19.3 Å². The van der Waals surface area contributed by atoms with Crippen LogP contribution in [0.4, 0.5) is 4.79 Å². The van der Waals surface area contributed by atoms with E-state index in [0.717, 1.165) is 23.7 Å². The van der Waals surface area contributed by atoms with Crippen molar-refractivity contribution in [2.45, 2.75) is 43.8 Å². The van der Waals surface area contributed by atoms with Crippen molar-refractivity contribution in [3.63, 3.8) is 0 Å². The molecule has 9 heteroatoms. The molecule has 0 aliphatic carbocycles. The van der Waals surface area contributed by atoms with Crippen LogP contribution >= 0.6 is 0 Å². The number of hydrogen-bond acceptors (Lipinski definition) is 6. The van der Waals surface area contributed by atoms with Crippen molar-refractivity contribution in [2.24, 2.45) is 0 Å². The Kier molecular flexibility index (Phi) is 6.10. The number of likely N-dealkylation sites (tertiary alicyclic amines) is 1.